The van der Waals surface area contributed by atoms with E-state index in [1.165, 1.54) is 5.56 Å². The van der Waals surface area contributed by atoms with Crippen molar-refractivity contribution in [2.24, 2.45) is 0 Å². The van der Waals surface area contributed by atoms with Gasteiger partial charge in [-0.25, -0.2) is 4.98 Å². The number of rotatable bonds is 2. The number of nitrogens with one attached hydrogen (secondary N) is 1. The van der Waals surface area contributed by atoms with Gasteiger partial charge in [0.1, 0.15) is 5.82 Å². The number of H-pyrrole nitrogens is 1. The van der Waals surface area contributed by atoms with Crippen molar-refractivity contribution in [3.63, 3.8) is 0 Å². The van der Waals surface area contributed by atoms with Gasteiger partial charge in [-0.3, -0.25) is 0 Å². The van der Waals surface area contributed by atoms with Crippen molar-refractivity contribution in [1.82, 2.24) is 9.97 Å². The van der Waals surface area contributed by atoms with Crippen LogP contribution in [0.3, 0.4) is 0 Å². The standard InChI is InChI=1S/C13H9ClN2S/c14-11-3-1-9(2-4-11)13-15-7-12(16-13)10-5-6-17-8-10/h1-8H,(H,15,16). The first-order valence-corrected chi connectivity index (χ1v) is 6.48. The normalized spacial score (nSPS) is 10.6. The minimum atomic E-state index is 0.735. The van der Waals surface area contributed by atoms with Gasteiger partial charge >= 0.3 is 0 Å². The van der Waals surface area contributed by atoms with Gasteiger partial charge in [0.25, 0.3) is 0 Å². The summed E-state index contributed by atoms with van der Waals surface area (Å²) < 4.78 is 0. The third kappa shape index (κ3) is 2.12. The molecular formula is C13H9ClN2S. The van der Waals surface area contributed by atoms with Crippen LogP contribution in [0.15, 0.2) is 47.3 Å². The molecule has 84 valence electrons. The van der Waals surface area contributed by atoms with E-state index >= 15 is 0 Å². The molecule has 3 aromatic rings. The fourth-order valence-corrected chi connectivity index (χ4v) is 2.42. The van der Waals surface area contributed by atoms with E-state index in [2.05, 4.69) is 26.8 Å². The fraction of sp³-hybridized carbons (Fsp3) is 0. The molecule has 0 aliphatic carbocycles. The van der Waals surface area contributed by atoms with Crippen molar-refractivity contribution in [3.05, 3.63) is 52.3 Å². The molecule has 0 saturated heterocycles. The number of imidazole rings is 1. The molecule has 1 aromatic carbocycles. The number of hydrogen-bond acceptors (Lipinski definition) is 2. The van der Waals surface area contributed by atoms with Gasteiger partial charge in [0, 0.05) is 21.5 Å². The molecule has 0 fully saturated rings. The van der Waals surface area contributed by atoms with E-state index in [9.17, 15) is 0 Å². The summed E-state index contributed by atoms with van der Waals surface area (Å²) in [5.74, 6) is 0.864. The van der Waals surface area contributed by atoms with Crippen LogP contribution in [-0.2, 0) is 0 Å². The number of hydrogen-bond donors (Lipinski definition) is 1. The van der Waals surface area contributed by atoms with E-state index in [0.717, 1.165) is 22.1 Å². The topological polar surface area (TPSA) is 28.7 Å². The Labute approximate surface area is 108 Å². The summed E-state index contributed by atoms with van der Waals surface area (Å²) in [5, 5.41) is 4.88. The van der Waals surface area contributed by atoms with Crippen LogP contribution in [0, 0.1) is 0 Å². The monoisotopic (exact) mass is 260 g/mol. The van der Waals surface area contributed by atoms with Crippen molar-refractivity contribution < 1.29 is 0 Å². The highest BCUT2D eigenvalue weighted by molar-refractivity contribution is 7.08. The maximum Gasteiger partial charge on any atom is 0.137 e. The summed E-state index contributed by atoms with van der Waals surface area (Å²) in [5.41, 5.74) is 3.25. The Kier molecular flexibility index (Phi) is 2.71. The minimum Gasteiger partial charge on any atom is -0.338 e. The molecule has 2 aromatic heterocycles. The molecule has 2 heterocycles. The molecular weight excluding hydrogens is 252 g/mol. The van der Waals surface area contributed by atoms with Gasteiger partial charge in [0.2, 0.25) is 0 Å². The van der Waals surface area contributed by atoms with Crippen molar-refractivity contribution in [3.8, 4) is 22.6 Å². The number of nitrogens with zero attached hydrogens (tertiary/aromatic N) is 1. The van der Waals surface area contributed by atoms with Crippen LogP contribution in [0.4, 0.5) is 0 Å². The highest BCUT2D eigenvalue weighted by atomic mass is 35.5. The number of aromatic amines is 1. The molecule has 0 radical (unpaired) electrons. The van der Waals surface area contributed by atoms with E-state index in [-0.39, 0.29) is 0 Å². The molecule has 0 amide bonds. The largest absolute Gasteiger partial charge is 0.338 e. The van der Waals surface area contributed by atoms with Gasteiger partial charge in [-0.1, -0.05) is 11.6 Å². The van der Waals surface area contributed by atoms with Gasteiger partial charge in [0.05, 0.1) is 11.9 Å². The molecule has 0 bridgehead atoms. The number of thiophene rings is 1. The third-order valence-electron chi connectivity index (χ3n) is 2.53. The van der Waals surface area contributed by atoms with Crippen LogP contribution < -0.4 is 0 Å². The summed E-state index contributed by atoms with van der Waals surface area (Å²) in [6.45, 7) is 0. The van der Waals surface area contributed by atoms with Crippen molar-refractivity contribution in [1.29, 1.82) is 0 Å². The molecule has 2 nitrogen and oxygen atoms in total. The lowest BCUT2D eigenvalue weighted by molar-refractivity contribution is 1.31. The lowest BCUT2D eigenvalue weighted by Gasteiger charge is -1.96. The van der Waals surface area contributed by atoms with E-state index in [1.54, 1.807) is 11.3 Å². The Bertz CT molecular complexity index is 611. The lowest BCUT2D eigenvalue weighted by Crippen LogP contribution is -1.79. The Hall–Kier alpha value is -1.58. The van der Waals surface area contributed by atoms with Crippen LogP contribution in [-0.4, -0.2) is 9.97 Å². The maximum atomic E-state index is 5.86. The highest BCUT2D eigenvalue weighted by Gasteiger charge is 2.05. The lowest BCUT2D eigenvalue weighted by atomic mass is 10.2. The summed E-state index contributed by atoms with van der Waals surface area (Å²) in [4.78, 5) is 7.68. The fourth-order valence-electron chi connectivity index (χ4n) is 1.64. The van der Waals surface area contributed by atoms with Gasteiger partial charge in [-0.15, -0.1) is 0 Å². The Morgan fingerprint density at radius 1 is 1.06 bits per heavy atom. The van der Waals surface area contributed by atoms with E-state index in [1.807, 2.05) is 30.5 Å². The maximum absolute atomic E-state index is 5.86. The molecule has 4 heteroatoms. The second-order valence-electron chi connectivity index (χ2n) is 3.66. The Morgan fingerprint density at radius 2 is 1.88 bits per heavy atom. The first kappa shape index (κ1) is 10.6. The molecule has 0 saturated carbocycles. The predicted molar refractivity (Wildman–Crippen MR) is 72.3 cm³/mol. The number of aromatic nitrogens is 2. The van der Waals surface area contributed by atoms with Gasteiger partial charge in [0.15, 0.2) is 0 Å². The zero-order valence-corrected chi connectivity index (χ0v) is 10.4. The summed E-state index contributed by atoms with van der Waals surface area (Å²) in [6.07, 6.45) is 1.85. The first-order chi connectivity index (χ1) is 8.33. The van der Waals surface area contributed by atoms with Gasteiger partial charge < -0.3 is 4.98 Å². The zero-order valence-electron chi connectivity index (χ0n) is 8.85. The first-order valence-electron chi connectivity index (χ1n) is 5.16. The molecule has 0 aliphatic heterocycles. The van der Waals surface area contributed by atoms with Crippen molar-refractivity contribution in [2.75, 3.05) is 0 Å². The molecule has 17 heavy (non-hydrogen) atoms. The minimum absolute atomic E-state index is 0.735. The molecule has 1 N–H and O–H groups in total. The quantitative estimate of drug-likeness (QED) is 0.724. The number of benzene rings is 1. The predicted octanol–water partition coefficient (Wildman–Crippen LogP) is 4.46. The van der Waals surface area contributed by atoms with Gasteiger partial charge in [-0.2, -0.15) is 11.3 Å². The average molecular weight is 261 g/mol. The van der Waals surface area contributed by atoms with E-state index in [4.69, 9.17) is 11.6 Å². The molecule has 0 spiro atoms. The highest BCUT2D eigenvalue weighted by Crippen LogP contribution is 2.24. The second kappa shape index (κ2) is 4.35. The van der Waals surface area contributed by atoms with Crippen LogP contribution >= 0.6 is 22.9 Å². The third-order valence-corrected chi connectivity index (χ3v) is 3.46. The van der Waals surface area contributed by atoms with Gasteiger partial charge in [-0.05, 0) is 35.7 Å². The van der Waals surface area contributed by atoms with Crippen molar-refractivity contribution >= 4 is 22.9 Å². The summed E-state index contributed by atoms with van der Waals surface area (Å²) in [6, 6.07) is 9.72. The summed E-state index contributed by atoms with van der Waals surface area (Å²) in [7, 11) is 0. The second-order valence-corrected chi connectivity index (χ2v) is 4.88. The van der Waals surface area contributed by atoms with Crippen LogP contribution in [0.5, 0.6) is 0 Å². The smallest absolute Gasteiger partial charge is 0.137 e. The van der Waals surface area contributed by atoms with Crippen LogP contribution in [0.2, 0.25) is 5.02 Å². The van der Waals surface area contributed by atoms with Crippen LogP contribution in [0.25, 0.3) is 22.6 Å². The van der Waals surface area contributed by atoms with Crippen LogP contribution in [0.1, 0.15) is 0 Å². The molecule has 0 aliphatic rings. The molecule has 0 unspecified atom stereocenters. The average Bonchev–Trinajstić information content (AvgIpc) is 3.00. The Balaban J connectivity index is 1.98. The molecule has 0 atom stereocenters. The van der Waals surface area contributed by atoms with E-state index in [0.29, 0.717) is 0 Å². The molecule has 3 rings (SSSR count). The Morgan fingerprint density at radius 3 is 2.59 bits per heavy atom. The van der Waals surface area contributed by atoms with E-state index < -0.39 is 0 Å². The van der Waals surface area contributed by atoms with Crippen molar-refractivity contribution in [2.45, 2.75) is 0 Å². The SMILES string of the molecule is Clc1ccc(-c2ncc(-c3ccsc3)[nH]2)cc1. The summed E-state index contributed by atoms with van der Waals surface area (Å²) >= 11 is 7.53. The zero-order chi connectivity index (χ0) is 11.7. The number of halogens is 1.